The average molecular weight is 355 g/mol. The first kappa shape index (κ1) is 16.7. The van der Waals surface area contributed by atoms with Gasteiger partial charge in [-0.2, -0.15) is 5.10 Å². The molecule has 0 radical (unpaired) electrons. The number of nitrogens with one attached hydrogen (secondary N) is 1. The van der Waals surface area contributed by atoms with Crippen LogP contribution < -0.4 is 0 Å². The number of piperidine rings is 1. The molecule has 2 aromatic heterocycles. The summed E-state index contributed by atoms with van der Waals surface area (Å²) < 4.78 is 4.88. The summed E-state index contributed by atoms with van der Waals surface area (Å²) in [6.45, 7) is 2.43. The fourth-order valence-corrected chi connectivity index (χ4v) is 3.80. The first-order valence-corrected chi connectivity index (χ1v) is 8.77. The van der Waals surface area contributed by atoms with Crippen LogP contribution in [0, 0.1) is 12.8 Å². The van der Waals surface area contributed by atoms with Crippen LogP contribution in [-0.2, 0) is 9.53 Å². The predicted molar refractivity (Wildman–Crippen MR) is 92.1 cm³/mol. The smallest absolute Gasteiger partial charge is 0.308 e. The molecule has 2 aliphatic rings. The molecular weight excluding hydrogens is 334 g/mol. The van der Waals surface area contributed by atoms with Gasteiger partial charge in [-0.15, -0.1) is 0 Å². The molecular formula is C18H21N5O3. The summed E-state index contributed by atoms with van der Waals surface area (Å²) in [5.41, 5.74) is 2.40. The van der Waals surface area contributed by atoms with Crippen LogP contribution in [0.1, 0.15) is 41.9 Å². The molecule has 8 heteroatoms. The lowest BCUT2D eigenvalue weighted by atomic mass is 9.88. The maximum atomic E-state index is 13.0. The zero-order valence-corrected chi connectivity index (χ0v) is 14.9. The maximum Gasteiger partial charge on any atom is 0.308 e. The number of amides is 1. The van der Waals surface area contributed by atoms with E-state index in [0.29, 0.717) is 36.5 Å². The standard InChI is InChI=1S/C18H21N5O3/c1-11-7-13(20-10-19-11)14-8-15(22-21-14)16(24)23-6-3-12(17(25)26-2)9-18(23)4-5-18/h7-8,10,12H,3-6,9H2,1-2H3,(H,21,22). The number of hydrogen-bond donors (Lipinski definition) is 1. The molecule has 1 N–H and O–H groups in total. The summed E-state index contributed by atoms with van der Waals surface area (Å²) in [5, 5.41) is 7.08. The van der Waals surface area contributed by atoms with Gasteiger partial charge < -0.3 is 9.64 Å². The number of H-pyrrole nitrogens is 1. The van der Waals surface area contributed by atoms with Crippen LogP contribution in [-0.4, -0.2) is 56.1 Å². The van der Waals surface area contributed by atoms with E-state index in [1.807, 2.05) is 17.9 Å². The molecule has 2 aromatic rings. The Morgan fingerprint density at radius 1 is 1.31 bits per heavy atom. The normalized spacial score (nSPS) is 20.8. The second-order valence-corrected chi connectivity index (χ2v) is 7.11. The molecule has 8 nitrogen and oxygen atoms in total. The summed E-state index contributed by atoms with van der Waals surface area (Å²) in [7, 11) is 1.42. The number of aryl methyl sites for hydroxylation is 1. The summed E-state index contributed by atoms with van der Waals surface area (Å²) in [4.78, 5) is 35.0. The number of carbonyl (C=O) groups is 2. The lowest BCUT2D eigenvalue weighted by Crippen LogP contribution is -2.49. The number of methoxy groups -OCH3 is 1. The lowest BCUT2D eigenvalue weighted by Gasteiger charge is -2.38. The quantitative estimate of drug-likeness (QED) is 0.842. The summed E-state index contributed by atoms with van der Waals surface area (Å²) >= 11 is 0. The van der Waals surface area contributed by atoms with E-state index in [4.69, 9.17) is 4.74 Å². The van der Waals surface area contributed by atoms with Crippen molar-refractivity contribution >= 4 is 11.9 Å². The van der Waals surface area contributed by atoms with Gasteiger partial charge in [-0.3, -0.25) is 14.7 Å². The van der Waals surface area contributed by atoms with Gasteiger partial charge in [0.2, 0.25) is 0 Å². The monoisotopic (exact) mass is 355 g/mol. The van der Waals surface area contributed by atoms with Gasteiger partial charge in [0.25, 0.3) is 5.91 Å². The Balaban J connectivity index is 1.53. The van der Waals surface area contributed by atoms with Crippen LogP contribution in [0.15, 0.2) is 18.5 Å². The molecule has 1 amide bonds. The van der Waals surface area contributed by atoms with Crippen molar-refractivity contribution in [2.24, 2.45) is 5.92 Å². The van der Waals surface area contributed by atoms with Crippen LogP contribution in [0.5, 0.6) is 0 Å². The van der Waals surface area contributed by atoms with E-state index in [-0.39, 0.29) is 23.3 Å². The van der Waals surface area contributed by atoms with Crippen molar-refractivity contribution in [1.29, 1.82) is 0 Å². The second kappa shape index (κ2) is 6.19. The van der Waals surface area contributed by atoms with Crippen molar-refractivity contribution in [2.45, 2.75) is 38.1 Å². The zero-order chi connectivity index (χ0) is 18.3. The molecule has 0 bridgehead atoms. The Kier molecular flexibility index (Phi) is 3.97. The minimum atomic E-state index is -0.210. The Labute approximate surface area is 151 Å². The highest BCUT2D eigenvalue weighted by molar-refractivity contribution is 5.94. The van der Waals surface area contributed by atoms with Gasteiger partial charge in [-0.1, -0.05) is 0 Å². The van der Waals surface area contributed by atoms with Crippen molar-refractivity contribution in [2.75, 3.05) is 13.7 Å². The molecule has 136 valence electrons. The summed E-state index contributed by atoms with van der Waals surface area (Å²) in [6.07, 6.45) is 4.64. The van der Waals surface area contributed by atoms with Gasteiger partial charge in [-0.25, -0.2) is 9.97 Å². The third kappa shape index (κ3) is 2.85. The molecule has 1 saturated carbocycles. The molecule has 1 spiro atoms. The van der Waals surface area contributed by atoms with E-state index in [1.54, 1.807) is 6.07 Å². The number of carbonyl (C=O) groups excluding carboxylic acids is 2. The van der Waals surface area contributed by atoms with Crippen LogP contribution >= 0.6 is 0 Å². The number of rotatable bonds is 3. The van der Waals surface area contributed by atoms with E-state index in [9.17, 15) is 9.59 Å². The Morgan fingerprint density at radius 3 is 2.81 bits per heavy atom. The molecule has 1 unspecified atom stereocenters. The van der Waals surface area contributed by atoms with Crippen LogP contribution in [0.25, 0.3) is 11.4 Å². The molecule has 1 saturated heterocycles. The predicted octanol–water partition coefficient (Wildman–Crippen LogP) is 1.73. The van der Waals surface area contributed by atoms with Crippen molar-refractivity contribution in [3.63, 3.8) is 0 Å². The van der Waals surface area contributed by atoms with Crippen molar-refractivity contribution in [3.8, 4) is 11.4 Å². The number of esters is 1. The Bertz CT molecular complexity index is 858. The molecule has 1 atom stereocenters. The number of hydrogen-bond acceptors (Lipinski definition) is 6. The highest BCUT2D eigenvalue weighted by atomic mass is 16.5. The number of nitrogens with zero attached hydrogens (tertiary/aromatic N) is 4. The Hall–Kier alpha value is -2.77. The number of ether oxygens (including phenoxy) is 1. The van der Waals surface area contributed by atoms with Gasteiger partial charge in [0.1, 0.15) is 6.33 Å². The number of likely N-dealkylation sites (tertiary alicyclic amines) is 1. The lowest BCUT2D eigenvalue weighted by molar-refractivity contribution is -0.147. The topological polar surface area (TPSA) is 101 Å². The van der Waals surface area contributed by atoms with Gasteiger partial charge in [0.05, 0.1) is 24.4 Å². The van der Waals surface area contributed by atoms with E-state index >= 15 is 0 Å². The molecule has 1 aliphatic carbocycles. The third-order valence-corrected chi connectivity index (χ3v) is 5.38. The SMILES string of the molecule is COC(=O)C1CCN(C(=O)c2cc(-c3cc(C)ncn3)[nH]n2)C2(CC2)C1. The highest BCUT2D eigenvalue weighted by Crippen LogP contribution is 2.50. The fourth-order valence-electron chi connectivity index (χ4n) is 3.80. The van der Waals surface area contributed by atoms with Gasteiger partial charge >= 0.3 is 5.97 Å². The number of aromatic amines is 1. The molecule has 26 heavy (non-hydrogen) atoms. The fraction of sp³-hybridized carbons (Fsp3) is 0.500. The number of aromatic nitrogens is 4. The van der Waals surface area contributed by atoms with Crippen molar-refractivity contribution in [1.82, 2.24) is 25.1 Å². The van der Waals surface area contributed by atoms with E-state index in [0.717, 1.165) is 18.5 Å². The Morgan fingerprint density at radius 2 is 2.12 bits per heavy atom. The summed E-state index contributed by atoms with van der Waals surface area (Å²) in [5.74, 6) is -0.394. The van der Waals surface area contributed by atoms with Gasteiger partial charge in [0, 0.05) is 17.8 Å². The molecule has 2 fully saturated rings. The first-order valence-electron chi connectivity index (χ1n) is 8.77. The molecule has 1 aliphatic heterocycles. The van der Waals surface area contributed by atoms with Crippen molar-refractivity contribution < 1.29 is 14.3 Å². The molecule has 0 aromatic carbocycles. The van der Waals surface area contributed by atoms with Crippen LogP contribution in [0.3, 0.4) is 0 Å². The minimum absolute atomic E-state index is 0.0981. The van der Waals surface area contributed by atoms with Gasteiger partial charge in [-0.05, 0) is 44.7 Å². The van der Waals surface area contributed by atoms with Crippen LogP contribution in [0.2, 0.25) is 0 Å². The van der Waals surface area contributed by atoms with Crippen molar-refractivity contribution in [3.05, 3.63) is 29.8 Å². The largest absolute Gasteiger partial charge is 0.469 e. The second-order valence-electron chi connectivity index (χ2n) is 7.11. The van der Waals surface area contributed by atoms with E-state index in [1.165, 1.54) is 13.4 Å². The van der Waals surface area contributed by atoms with Crippen LogP contribution in [0.4, 0.5) is 0 Å². The van der Waals surface area contributed by atoms with Gasteiger partial charge in [0.15, 0.2) is 5.69 Å². The average Bonchev–Trinajstić information content (AvgIpc) is 3.22. The van der Waals surface area contributed by atoms with E-state index < -0.39 is 0 Å². The van der Waals surface area contributed by atoms with E-state index in [2.05, 4.69) is 20.2 Å². The summed E-state index contributed by atoms with van der Waals surface area (Å²) in [6, 6.07) is 3.57. The molecule has 4 rings (SSSR count). The minimum Gasteiger partial charge on any atom is -0.469 e. The third-order valence-electron chi connectivity index (χ3n) is 5.38. The zero-order valence-electron chi connectivity index (χ0n) is 14.9. The molecule has 3 heterocycles. The maximum absolute atomic E-state index is 13.0. The highest BCUT2D eigenvalue weighted by Gasteiger charge is 2.55. The first-order chi connectivity index (χ1) is 12.5.